The fraction of sp³-hybridized carbons (Fsp3) is 0.533. The van der Waals surface area contributed by atoms with Crippen LogP contribution in [0.15, 0.2) is 10.6 Å². The van der Waals surface area contributed by atoms with Crippen LogP contribution >= 0.6 is 0 Å². The first-order valence-electron chi connectivity index (χ1n) is 7.75. The number of nitrogens with one attached hydrogen (secondary N) is 1. The van der Waals surface area contributed by atoms with Crippen LogP contribution in [0.1, 0.15) is 11.5 Å². The molecule has 0 radical (unpaired) electrons. The molecule has 1 aliphatic heterocycles. The van der Waals surface area contributed by atoms with Crippen LogP contribution in [0.2, 0.25) is 0 Å². The highest BCUT2D eigenvalue weighted by Crippen LogP contribution is 2.27. The normalized spacial score (nSPS) is 15.7. The molecule has 3 rings (SSSR count). The lowest BCUT2D eigenvalue weighted by molar-refractivity contribution is 0.0398. The monoisotopic (exact) mass is 318 g/mol. The van der Waals surface area contributed by atoms with Gasteiger partial charge in [-0.1, -0.05) is 5.16 Å². The fourth-order valence-corrected chi connectivity index (χ4v) is 2.70. The number of nitrogens with zero attached hydrogens (tertiary/aromatic N) is 4. The summed E-state index contributed by atoms with van der Waals surface area (Å²) in [5.41, 5.74) is 8.23. The molecule has 23 heavy (non-hydrogen) atoms. The van der Waals surface area contributed by atoms with Gasteiger partial charge in [-0.15, -0.1) is 0 Å². The van der Waals surface area contributed by atoms with E-state index in [1.807, 2.05) is 19.9 Å². The average molecular weight is 318 g/mol. The van der Waals surface area contributed by atoms with Crippen molar-refractivity contribution >= 4 is 11.8 Å². The Morgan fingerprint density at radius 2 is 2.04 bits per heavy atom. The molecular weight excluding hydrogens is 296 g/mol. The Morgan fingerprint density at radius 1 is 1.26 bits per heavy atom. The van der Waals surface area contributed by atoms with E-state index >= 15 is 0 Å². The van der Waals surface area contributed by atoms with E-state index < -0.39 is 0 Å². The van der Waals surface area contributed by atoms with Crippen LogP contribution in [0, 0.1) is 13.8 Å². The van der Waals surface area contributed by atoms with Crippen LogP contribution in [0.25, 0.3) is 11.3 Å². The molecule has 0 saturated carbocycles. The van der Waals surface area contributed by atoms with Crippen molar-refractivity contribution in [3.8, 4) is 11.3 Å². The number of ether oxygens (including phenoxy) is 1. The second-order valence-electron chi connectivity index (χ2n) is 5.58. The van der Waals surface area contributed by atoms with Crippen LogP contribution in [0.3, 0.4) is 0 Å². The zero-order valence-corrected chi connectivity index (χ0v) is 13.5. The number of hydrogen-bond donors (Lipinski definition) is 2. The van der Waals surface area contributed by atoms with E-state index in [1.54, 1.807) is 0 Å². The lowest BCUT2D eigenvalue weighted by Gasteiger charge is -2.26. The molecule has 0 unspecified atom stereocenters. The zero-order chi connectivity index (χ0) is 16.2. The number of aryl methyl sites for hydroxylation is 2. The number of aromatic nitrogens is 3. The molecule has 0 spiro atoms. The van der Waals surface area contributed by atoms with Crippen LogP contribution in [0.4, 0.5) is 11.8 Å². The van der Waals surface area contributed by atoms with Crippen molar-refractivity contribution in [2.75, 3.05) is 50.4 Å². The molecule has 0 aromatic carbocycles. The third-order valence-electron chi connectivity index (χ3n) is 3.87. The highest BCUT2D eigenvalue weighted by Gasteiger charge is 2.15. The molecule has 124 valence electrons. The summed E-state index contributed by atoms with van der Waals surface area (Å²) in [4.78, 5) is 10.9. The summed E-state index contributed by atoms with van der Waals surface area (Å²) in [7, 11) is 0. The fourth-order valence-electron chi connectivity index (χ4n) is 2.70. The Morgan fingerprint density at radius 3 is 2.74 bits per heavy atom. The van der Waals surface area contributed by atoms with Crippen molar-refractivity contribution in [3.63, 3.8) is 0 Å². The van der Waals surface area contributed by atoms with E-state index in [-0.39, 0.29) is 5.95 Å². The van der Waals surface area contributed by atoms with Crippen molar-refractivity contribution in [2.45, 2.75) is 13.8 Å². The summed E-state index contributed by atoms with van der Waals surface area (Å²) in [5, 5.41) is 7.27. The minimum atomic E-state index is 0.233. The minimum Gasteiger partial charge on any atom is -0.379 e. The highest BCUT2D eigenvalue weighted by molar-refractivity contribution is 5.67. The van der Waals surface area contributed by atoms with Gasteiger partial charge < -0.3 is 20.3 Å². The van der Waals surface area contributed by atoms with Gasteiger partial charge in [0.25, 0.3) is 0 Å². The van der Waals surface area contributed by atoms with E-state index in [0.29, 0.717) is 5.82 Å². The molecule has 2 aromatic rings. The molecule has 0 atom stereocenters. The number of nitrogens with two attached hydrogens (primary N) is 1. The van der Waals surface area contributed by atoms with E-state index in [2.05, 4.69) is 25.3 Å². The second kappa shape index (κ2) is 6.93. The molecule has 0 aliphatic carbocycles. The SMILES string of the molecule is Cc1noc(C)c1-c1cc(NCCN2CCOCC2)nc(N)n1. The lowest BCUT2D eigenvalue weighted by Crippen LogP contribution is -2.39. The Kier molecular flexibility index (Phi) is 4.73. The molecule has 8 nitrogen and oxygen atoms in total. The van der Waals surface area contributed by atoms with Gasteiger partial charge in [-0.25, -0.2) is 4.98 Å². The molecular formula is C15H22N6O2. The largest absolute Gasteiger partial charge is 0.379 e. The maximum Gasteiger partial charge on any atom is 0.222 e. The second-order valence-corrected chi connectivity index (χ2v) is 5.58. The summed E-state index contributed by atoms with van der Waals surface area (Å²) >= 11 is 0. The number of morpholine rings is 1. The van der Waals surface area contributed by atoms with Gasteiger partial charge in [-0.05, 0) is 13.8 Å². The molecule has 1 fully saturated rings. The molecule has 1 aliphatic rings. The Bertz CT molecular complexity index is 646. The van der Waals surface area contributed by atoms with E-state index in [1.165, 1.54) is 0 Å². The van der Waals surface area contributed by atoms with Gasteiger partial charge in [0.05, 0.1) is 30.2 Å². The van der Waals surface area contributed by atoms with E-state index in [4.69, 9.17) is 15.0 Å². The highest BCUT2D eigenvalue weighted by atomic mass is 16.5. The van der Waals surface area contributed by atoms with Crippen molar-refractivity contribution in [2.24, 2.45) is 0 Å². The van der Waals surface area contributed by atoms with Gasteiger partial charge in [0.2, 0.25) is 5.95 Å². The molecule has 0 bridgehead atoms. The Labute approximate surface area is 135 Å². The average Bonchev–Trinajstić information content (AvgIpc) is 2.87. The third-order valence-corrected chi connectivity index (χ3v) is 3.87. The Balaban J connectivity index is 1.68. The molecule has 2 aromatic heterocycles. The molecule has 0 amide bonds. The first-order chi connectivity index (χ1) is 11.1. The quantitative estimate of drug-likeness (QED) is 0.844. The summed E-state index contributed by atoms with van der Waals surface area (Å²) in [6.45, 7) is 9.02. The lowest BCUT2D eigenvalue weighted by atomic mass is 10.1. The summed E-state index contributed by atoms with van der Waals surface area (Å²) < 4.78 is 10.5. The standard InChI is InChI=1S/C15H22N6O2/c1-10-14(11(2)23-20-10)12-9-13(19-15(16)18-12)17-3-4-21-5-7-22-8-6-21/h9H,3-8H2,1-2H3,(H3,16,17,18,19). The number of nitrogen functional groups attached to an aromatic ring is 1. The predicted octanol–water partition coefficient (Wildman–Crippen LogP) is 1.07. The van der Waals surface area contributed by atoms with Gasteiger partial charge >= 0.3 is 0 Å². The summed E-state index contributed by atoms with van der Waals surface area (Å²) in [6, 6.07) is 1.88. The number of hydrogen-bond acceptors (Lipinski definition) is 8. The van der Waals surface area contributed by atoms with Crippen LogP contribution in [-0.4, -0.2) is 59.4 Å². The predicted molar refractivity (Wildman–Crippen MR) is 87.2 cm³/mol. The van der Waals surface area contributed by atoms with Crippen LogP contribution < -0.4 is 11.1 Å². The first kappa shape index (κ1) is 15.7. The smallest absolute Gasteiger partial charge is 0.222 e. The minimum absolute atomic E-state index is 0.233. The Hall–Kier alpha value is -2.19. The van der Waals surface area contributed by atoms with Crippen LogP contribution in [0.5, 0.6) is 0 Å². The molecule has 3 N–H and O–H groups in total. The summed E-state index contributed by atoms with van der Waals surface area (Å²) in [6.07, 6.45) is 0. The van der Waals surface area contributed by atoms with Crippen molar-refractivity contribution < 1.29 is 9.26 Å². The number of anilines is 2. The first-order valence-corrected chi connectivity index (χ1v) is 7.75. The van der Waals surface area contributed by atoms with Gasteiger partial charge in [-0.2, -0.15) is 4.98 Å². The van der Waals surface area contributed by atoms with Crippen molar-refractivity contribution in [1.82, 2.24) is 20.0 Å². The van der Waals surface area contributed by atoms with Crippen molar-refractivity contribution in [1.29, 1.82) is 0 Å². The van der Waals surface area contributed by atoms with Gasteiger partial charge in [0.1, 0.15) is 11.6 Å². The topological polar surface area (TPSA) is 102 Å². The van der Waals surface area contributed by atoms with E-state index in [9.17, 15) is 0 Å². The zero-order valence-electron chi connectivity index (χ0n) is 13.5. The van der Waals surface area contributed by atoms with E-state index in [0.717, 1.165) is 62.1 Å². The maximum atomic E-state index is 5.84. The van der Waals surface area contributed by atoms with Gasteiger partial charge in [-0.3, -0.25) is 4.90 Å². The third kappa shape index (κ3) is 3.77. The number of rotatable bonds is 5. The van der Waals surface area contributed by atoms with Crippen molar-refractivity contribution in [3.05, 3.63) is 17.5 Å². The van der Waals surface area contributed by atoms with Crippen LogP contribution in [-0.2, 0) is 4.74 Å². The molecule has 1 saturated heterocycles. The molecule has 8 heteroatoms. The van der Waals surface area contributed by atoms with Gasteiger partial charge in [0.15, 0.2) is 0 Å². The summed E-state index contributed by atoms with van der Waals surface area (Å²) in [5.74, 6) is 1.66. The maximum absolute atomic E-state index is 5.84. The van der Waals surface area contributed by atoms with Gasteiger partial charge in [0, 0.05) is 32.2 Å². The molecule has 3 heterocycles.